The lowest BCUT2D eigenvalue weighted by Crippen LogP contribution is -2.40. The maximum Gasteiger partial charge on any atom is 0.00763 e. The van der Waals surface area contributed by atoms with Crippen molar-refractivity contribution in [3.63, 3.8) is 0 Å². The number of hydrogen-bond acceptors (Lipinski definition) is 1. The van der Waals surface area contributed by atoms with Crippen LogP contribution in [0.3, 0.4) is 0 Å². The fourth-order valence-corrected chi connectivity index (χ4v) is 4.15. The lowest BCUT2D eigenvalue weighted by atomic mass is 9.71. The second-order valence-electron chi connectivity index (χ2n) is 7.70. The molecule has 0 amide bonds. The van der Waals surface area contributed by atoms with E-state index in [4.69, 9.17) is 0 Å². The Morgan fingerprint density at radius 2 is 1.89 bits per heavy atom. The summed E-state index contributed by atoms with van der Waals surface area (Å²) < 4.78 is 0. The van der Waals surface area contributed by atoms with E-state index in [0.29, 0.717) is 10.8 Å². The maximum absolute atomic E-state index is 2.70. The van der Waals surface area contributed by atoms with E-state index in [-0.39, 0.29) is 0 Å². The van der Waals surface area contributed by atoms with Crippen LogP contribution in [0.2, 0.25) is 0 Å². The molecule has 1 atom stereocenters. The smallest absolute Gasteiger partial charge is 0.00763 e. The molecule has 0 spiro atoms. The Hall–Kier alpha value is -0.820. The van der Waals surface area contributed by atoms with Crippen molar-refractivity contribution >= 4 is 0 Å². The highest BCUT2D eigenvalue weighted by molar-refractivity contribution is 5.36. The van der Waals surface area contributed by atoms with Gasteiger partial charge in [0.15, 0.2) is 0 Å². The summed E-state index contributed by atoms with van der Waals surface area (Å²) in [6.45, 7) is 11.1. The average Bonchev–Trinajstić information content (AvgIpc) is 2.69. The van der Waals surface area contributed by atoms with Crippen LogP contribution >= 0.6 is 0 Å². The van der Waals surface area contributed by atoms with Crippen LogP contribution < -0.4 is 0 Å². The van der Waals surface area contributed by atoms with Gasteiger partial charge in [0.1, 0.15) is 0 Å². The molecule has 1 heteroatoms. The van der Waals surface area contributed by atoms with Gasteiger partial charge in [0, 0.05) is 18.5 Å². The third-order valence-electron chi connectivity index (χ3n) is 5.17. The monoisotopic (exact) mass is 257 g/mol. The molecule has 1 aliphatic carbocycles. The molecule has 0 radical (unpaired) electrons. The molecular formula is C18H27N. The molecular weight excluding hydrogens is 230 g/mol. The van der Waals surface area contributed by atoms with Gasteiger partial charge in [-0.2, -0.15) is 0 Å². The zero-order valence-corrected chi connectivity index (χ0v) is 12.7. The van der Waals surface area contributed by atoms with Crippen LogP contribution in [0.4, 0.5) is 0 Å². The van der Waals surface area contributed by atoms with Gasteiger partial charge in [0.2, 0.25) is 0 Å². The van der Waals surface area contributed by atoms with Gasteiger partial charge in [0.05, 0.1) is 0 Å². The molecule has 1 unspecified atom stereocenters. The third kappa shape index (κ3) is 2.58. The van der Waals surface area contributed by atoms with E-state index in [1.807, 2.05) is 0 Å². The van der Waals surface area contributed by atoms with Crippen molar-refractivity contribution in [1.82, 2.24) is 4.90 Å². The van der Waals surface area contributed by atoms with E-state index in [2.05, 4.69) is 49.9 Å². The SMILES string of the molecule is CC1(C)CCN(CC2(C)CCCc3ccccc32)C1. The molecule has 1 saturated heterocycles. The van der Waals surface area contributed by atoms with Crippen LogP contribution in [0.5, 0.6) is 0 Å². The van der Waals surface area contributed by atoms with E-state index in [0.717, 1.165) is 0 Å². The summed E-state index contributed by atoms with van der Waals surface area (Å²) in [5.41, 5.74) is 4.10. The van der Waals surface area contributed by atoms with Crippen LogP contribution in [0, 0.1) is 5.41 Å². The number of nitrogens with zero attached hydrogens (tertiary/aromatic N) is 1. The van der Waals surface area contributed by atoms with E-state index in [1.165, 1.54) is 45.3 Å². The summed E-state index contributed by atoms with van der Waals surface area (Å²) in [6.07, 6.45) is 5.33. The van der Waals surface area contributed by atoms with Gasteiger partial charge in [-0.1, -0.05) is 45.0 Å². The summed E-state index contributed by atoms with van der Waals surface area (Å²) in [7, 11) is 0. The molecule has 1 nitrogen and oxygen atoms in total. The van der Waals surface area contributed by atoms with Crippen molar-refractivity contribution in [3.8, 4) is 0 Å². The molecule has 1 aromatic rings. The first-order valence-electron chi connectivity index (χ1n) is 7.79. The Morgan fingerprint density at radius 3 is 2.63 bits per heavy atom. The van der Waals surface area contributed by atoms with Crippen molar-refractivity contribution in [2.45, 2.75) is 51.9 Å². The first-order valence-corrected chi connectivity index (χ1v) is 7.79. The zero-order valence-electron chi connectivity index (χ0n) is 12.7. The molecule has 3 rings (SSSR count). The highest BCUT2D eigenvalue weighted by atomic mass is 15.2. The van der Waals surface area contributed by atoms with E-state index in [9.17, 15) is 0 Å². The summed E-state index contributed by atoms with van der Waals surface area (Å²) in [5.74, 6) is 0. The summed E-state index contributed by atoms with van der Waals surface area (Å²) in [6, 6.07) is 9.12. The van der Waals surface area contributed by atoms with Gasteiger partial charge in [-0.05, 0) is 48.8 Å². The van der Waals surface area contributed by atoms with Gasteiger partial charge in [0.25, 0.3) is 0 Å². The van der Waals surface area contributed by atoms with Gasteiger partial charge in [-0.15, -0.1) is 0 Å². The maximum atomic E-state index is 2.70. The highest BCUT2D eigenvalue weighted by Gasteiger charge is 2.37. The minimum Gasteiger partial charge on any atom is -0.302 e. The van der Waals surface area contributed by atoms with Crippen LogP contribution in [-0.4, -0.2) is 24.5 Å². The fraction of sp³-hybridized carbons (Fsp3) is 0.667. The largest absolute Gasteiger partial charge is 0.302 e. The van der Waals surface area contributed by atoms with Crippen molar-refractivity contribution in [2.75, 3.05) is 19.6 Å². The number of rotatable bonds is 2. The second-order valence-corrected chi connectivity index (χ2v) is 7.70. The van der Waals surface area contributed by atoms with Gasteiger partial charge in [-0.3, -0.25) is 0 Å². The van der Waals surface area contributed by atoms with Crippen molar-refractivity contribution < 1.29 is 0 Å². The van der Waals surface area contributed by atoms with Crippen LogP contribution in [-0.2, 0) is 11.8 Å². The Balaban J connectivity index is 1.81. The standard InChI is InChI=1S/C18H27N/c1-17(2)11-12-19(13-17)14-18(3)10-6-8-15-7-4-5-9-16(15)18/h4-5,7,9H,6,8,10-14H2,1-3H3. The average molecular weight is 257 g/mol. The molecule has 0 bridgehead atoms. The topological polar surface area (TPSA) is 3.24 Å². The molecule has 2 aliphatic rings. The lowest BCUT2D eigenvalue weighted by molar-refractivity contribution is 0.216. The van der Waals surface area contributed by atoms with E-state index < -0.39 is 0 Å². The van der Waals surface area contributed by atoms with E-state index in [1.54, 1.807) is 11.1 Å². The highest BCUT2D eigenvalue weighted by Crippen LogP contribution is 2.39. The van der Waals surface area contributed by atoms with Crippen molar-refractivity contribution in [2.24, 2.45) is 5.41 Å². The molecule has 19 heavy (non-hydrogen) atoms. The molecule has 104 valence electrons. The fourth-order valence-electron chi connectivity index (χ4n) is 4.15. The molecule has 0 N–H and O–H groups in total. The third-order valence-corrected chi connectivity index (χ3v) is 5.17. The quantitative estimate of drug-likeness (QED) is 0.773. The number of hydrogen-bond donors (Lipinski definition) is 0. The van der Waals surface area contributed by atoms with Gasteiger partial charge < -0.3 is 4.90 Å². The van der Waals surface area contributed by atoms with Crippen molar-refractivity contribution in [1.29, 1.82) is 0 Å². The van der Waals surface area contributed by atoms with E-state index >= 15 is 0 Å². The van der Waals surface area contributed by atoms with Crippen molar-refractivity contribution in [3.05, 3.63) is 35.4 Å². The minimum atomic E-state index is 0.370. The predicted molar refractivity (Wildman–Crippen MR) is 81.6 cm³/mol. The molecule has 0 saturated carbocycles. The number of fused-ring (bicyclic) bond motifs is 1. The number of aryl methyl sites for hydroxylation is 1. The molecule has 1 fully saturated rings. The molecule has 0 aromatic heterocycles. The number of likely N-dealkylation sites (tertiary alicyclic amines) is 1. The summed E-state index contributed by atoms with van der Waals surface area (Å²) in [5, 5.41) is 0. The Morgan fingerprint density at radius 1 is 1.11 bits per heavy atom. The Labute approximate surface area is 118 Å². The molecule has 1 heterocycles. The predicted octanol–water partition coefficient (Wildman–Crippen LogP) is 4.01. The first-order chi connectivity index (χ1) is 8.99. The van der Waals surface area contributed by atoms with Gasteiger partial charge in [-0.25, -0.2) is 0 Å². The minimum absolute atomic E-state index is 0.370. The van der Waals surface area contributed by atoms with Crippen LogP contribution in [0.15, 0.2) is 24.3 Å². The number of benzene rings is 1. The Kier molecular flexibility index (Phi) is 3.21. The second kappa shape index (κ2) is 4.63. The lowest BCUT2D eigenvalue weighted by Gasteiger charge is -2.39. The zero-order chi connectivity index (χ0) is 13.5. The van der Waals surface area contributed by atoms with Crippen LogP contribution in [0.25, 0.3) is 0 Å². The summed E-state index contributed by atoms with van der Waals surface area (Å²) in [4.78, 5) is 2.70. The molecule has 1 aliphatic heterocycles. The van der Waals surface area contributed by atoms with Crippen LogP contribution in [0.1, 0.15) is 51.2 Å². The Bertz CT molecular complexity index is 463. The van der Waals surface area contributed by atoms with Gasteiger partial charge >= 0.3 is 0 Å². The molecule has 1 aromatic carbocycles. The normalized spacial score (nSPS) is 30.3. The first kappa shape index (κ1) is 13.2. The summed E-state index contributed by atoms with van der Waals surface area (Å²) >= 11 is 0.